The number of carbonyl (C=O) groups is 2. The van der Waals surface area contributed by atoms with Crippen molar-refractivity contribution in [2.75, 3.05) is 31.4 Å². The van der Waals surface area contributed by atoms with Gasteiger partial charge in [-0.05, 0) is 50.2 Å². The minimum atomic E-state index is -0.587. The highest BCUT2D eigenvalue weighted by atomic mass is 32.2. The molecule has 1 aromatic rings. The van der Waals surface area contributed by atoms with Gasteiger partial charge in [-0.2, -0.15) is 0 Å². The smallest absolute Gasteiger partial charge is 0.241 e. The van der Waals surface area contributed by atoms with Gasteiger partial charge in [0.2, 0.25) is 5.91 Å². The van der Waals surface area contributed by atoms with Crippen molar-refractivity contribution in [2.24, 2.45) is 11.8 Å². The summed E-state index contributed by atoms with van der Waals surface area (Å²) < 4.78 is 11.6. The first-order chi connectivity index (χ1) is 16.0. The van der Waals surface area contributed by atoms with E-state index in [0.717, 1.165) is 25.0 Å². The molecule has 3 aliphatic rings. The van der Waals surface area contributed by atoms with Crippen LogP contribution in [0.3, 0.4) is 0 Å². The number of Topliss-reactive ketones (excluding diaryl/α,β-unsaturated/α-hetero) is 1. The van der Waals surface area contributed by atoms with Gasteiger partial charge in [0.15, 0.2) is 6.29 Å². The fraction of sp³-hybridized carbons (Fsp3) is 0.640. The first-order valence-corrected chi connectivity index (χ1v) is 13.6. The lowest BCUT2D eigenvalue weighted by Crippen LogP contribution is -2.54. The van der Waals surface area contributed by atoms with E-state index in [2.05, 4.69) is 29.6 Å². The first-order valence-electron chi connectivity index (χ1n) is 12.0. The van der Waals surface area contributed by atoms with Gasteiger partial charge in [-0.15, -0.1) is 11.8 Å². The molecular weight excluding hydrogens is 456 g/mol. The van der Waals surface area contributed by atoms with Crippen LogP contribution in [0.5, 0.6) is 0 Å². The highest BCUT2D eigenvalue weighted by Crippen LogP contribution is 2.32. The van der Waals surface area contributed by atoms with E-state index in [1.54, 1.807) is 11.8 Å². The van der Waals surface area contributed by atoms with Gasteiger partial charge < -0.3 is 19.7 Å². The van der Waals surface area contributed by atoms with Crippen LogP contribution >= 0.6 is 24.0 Å². The molecule has 0 aromatic heterocycles. The van der Waals surface area contributed by atoms with Crippen molar-refractivity contribution in [1.82, 2.24) is 10.2 Å². The van der Waals surface area contributed by atoms with Crippen LogP contribution in [0.15, 0.2) is 24.3 Å². The van der Waals surface area contributed by atoms with Gasteiger partial charge in [-0.1, -0.05) is 36.5 Å². The number of hydrogen-bond acceptors (Lipinski definition) is 7. The number of hydrogen-bond donors (Lipinski definition) is 1. The monoisotopic (exact) mass is 490 g/mol. The maximum atomic E-state index is 13.6. The molecule has 1 aliphatic carbocycles. The zero-order chi connectivity index (χ0) is 23.4. The average molecular weight is 491 g/mol. The van der Waals surface area contributed by atoms with E-state index in [0.29, 0.717) is 42.8 Å². The summed E-state index contributed by atoms with van der Waals surface area (Å²) in [6.45, 7) is 5.32. The molecule has 1 aromatic carbocycles. The maximum Gasteiger partial charge on any atom is 0.241 e. The summed E-state index contributed by atoms with van der Waals surface area (Å²) in [5.74, 6) is 1.32. The van der Waals surface area contributed by atoms with Gasteiger partial charge in [0.05, 0.1) is 17.8 Å². The summed E-state index contributed by atoms with van der Waals surface area (Å²) >= 11 is 7.24. The molecule has 6 nitrogen and oxygen atoms in total. The molecule has 4 rings (SSSR count). The maximum absolute atomic E-state index is 13.6. The molecule has 2 heterocycles. The molecule has 1 N–H and O–H groups in total. The number of ketones is 1. The number of rotatable bonds is 10. The number of carbonyl (C=O) groups excluding carboxylic acids is 2. The predicted octanol–water partition coefficient (Wildman–Crippen LogP) is 3.01. The number of fused-ring (bicyclic) bond motifs is 1. The Kier molecular flexibility index (Phi) is 8.57. The van der Waals surface area contributed by atoms with E-state index >= 15 is 0 Å². The predicted molar refractivity (Wildman–Crippen MR) is 134 cm³/mol. The molecule has 3 atom stereocenters. The Morgan fingerprint density at radius 1 is 1.18 bits per heavy atom. The Balaban J connectivity index is 1.38. The number of ether oxygens (including phenoxy) is 2. The minimum Gasteiger partial charge on any atom is -0.351 e. The molecular formula is C25H34N2O4S2. The lowest BCUT2D eigenvalue weighted by molar-refractivity contribution is -0.174. The SMILES string of the molecule is CCOC(OCC)[C@@H]1CSCN1C(=O)[C@H]1NCC(=S)C1C(=O)CCC1Cc2ccccc2C1. The van der Waals surface area contributed by atoms with Gasteiger partial charge in [-0.3, -0.25) is 9.59 Å². The summed E-state index contributed by atoms with van der Waals surface area (Å²) in [5, 5.41) is 3.24. The van der Waals surface area contributed by atoms with E-state index in [4.69, 9.17) is 21.7 Å². The van der Waals surface area contributed by atoms with Gasteiger partial charge in [0.25, 0.3) is 0 Å². The zero-order valence-electron chi connectivity index (χ0n) is 19.5. The molecule has 2 saturated heterocycles. The van der Waals surface area contributed by atoms with Crippen molar-refractivity contribution in [1.29, 1.82) is 0 Å². The van der Waals surface area contributed by atoms with Crippen LogP contribution in [-0.2, 0) is 31.9 Å². The van der Waals surface area contributed by atoms with Gasteiger partial charge in [0.1, 0.15) is 11.8 Å². The van der Waals surface area contributed by atoms with E-state index in [1.807, 2.05) is 18.7 Å². The lowest BCUT2D eigenvalue weighted by Gasteiger charge is -2.33. The van der Waals surface area contributed by atoms with Crippen molar-refractivity contribution >= 4 is 40.5 Å². The second kappa shape index (κ2) is 11.4. The summed E-state index contributed by atoms with van der Waals surface area (Å²) in [4.78, 5) is 29.3. The fourth-order valence-electron chi connectivity index (χ4n) is 5.26. The van der Waals surface area contributed by atoms with Crippen LogP contribution in [0.1, 0.15) is 37.8 Å². The molecule has 8 heteroatoms. The molecule has 180 valence electrons. The molecule has 1 unspecified atom stereocenters. The Morgan fingerprint density at radius 3 is 2.48 bits per heavy atom. The number of benzene rings is 1. The largest absolute Gasteiger partial charge is 0.351 e. The van der Waals surface area contributed by atoms with Crippen LogP contribution in [0.25, 0.3) is 0 Å². The van der Waals surface area contributed by atoms with Gasteiger partial charge >= 0.3 is 0 Å². The standard InChI is InChI=1S/C25H34N2O4S2/c1-3-30-25(31-4-2)19-14-33-15-27(19)24(29)23-22(21(32)13-26-23)20(28)10-9-16-11-17-7-5-6-8-18(17)12-16/h5-8,16,19,22-23,25-26H,3-4,9-15H2,1-2H3/t19-,22?,23-/m0/s1. The normalized spacial score (nSPS) is 25.2. The third-order valence-corrected chi connectivity index (χ3v) is 8.34. The van der Waals surface area contributed by atoms with Crippen LogP contribution in [0.2, 0.25) is 0 Å². The molecule has 0 bridgehead atoms. The van der Waals surface area contributed by atoms with Crippen molar-refractivity contribution in [2.45, 2.75) is 57.9 Å². The van der Waals surface area contributed by atoms with Gasteiger partial charge in [-0.25, -0.2) is 0 Å². The molecule has 2 fully saturated rings. The van der Waals surface area contributed by atoms with Crippen molar-refractivity contribution in [3.05, 3.63) is 35.4 Å². The summed E-state index contributed by atoms with van der Waals surface area (Å²) in [6, 6.07) is 7.78. The third kappa shape index (κ3) is 5.51. The lowest BCUT2D eigenvalue weighted by atomic mass is 9.89. The quantitative estimate of drug-likeness (QED) is 0.399. The summed E-state index contributed by atoms with van der Waals surface area (Å²) in [7, 11) is 0. The highest BCUT2D eigenvalue weighted by molar-refractivity contribution is 7.99. The third-order valence-electron chi connectivity index (χ3n) is 6.90. The molecule has 0 spiro atoms. The van der Waals surface area contributed by atoms with Crippen molar-refractivity contribution < 1.29 is 19.1 Å². The number of thiocarbonyl (C=S) groups is 1. The van der Waals surface area contributed by atoms with Crippen LogP contribution in [-0.4, -0.2) is 71.2 Å². The second-order valence-corrected chi connectivity index (χ2v) is 10.5. The Morgan fingerprint density at radius 2 is 1.85 bits per heavy atom. The number of nitrogens with zero attached hydrogens (tertiary/aromatic N) is 1. The molecule has 2 aliphatic heterocycles. The zero-order valence-corrected chi connectivity index (χ0v) is 21.1. The topological polar surface area (TPSA) is 67.9 Å². The van der Waals surface area contributed by atoms with Crippen LogP contribution in [0, 0.1) is 11.8 Å². The number of nitrogens with one attached hydrogen (secondary N) is 1. The average Bonchev–Trinajstić information content (AvgIpc) is 3.54. The first kappa shape index (κ1) is 24.8. The molecule has 0 saturated carbocycles. The Labute approximate surface area is 206 Å². The van der Waals surface area contributed by atoms with Crippen LogP contribution in [0.4, 0.5) is 0 Å². The fourth-order valence-corrected chi connectivity index (χ4v) is 6.81. The van der Waals surface area contributed by atoms with E-state index in [1.165, 1.54) is 11.1 Å². The molecule has 33 heavy (non-hydrogen) atoms. The number of thioether (sulfide) groups is 1. The Hall–Kier alpha value is -1.32. The van der Waals surface area contributed by atoms with Crippen LogP contribution < -0.4 is 5.32 Å². The molecule has 0 radical (unpaired) electrons. The second-order valence-electron chi connectivity index (χ2n) is 9.00. The van der Waals surface area contributed by atoms with E-state index < -0.39 is 18.2 Å². The van der Waals surface area contributed by atoms with Gasteiger partial charge in [0, 0.05) is 36.8 Å². The van der Waals surface area contributed by atoms with Crippen molar-refractivity contribution in [3.63, 3.8) is 0 Å². The summed E-state index contributed by atoms with van der Waals surface area (Å²) in [5.41, 5.74) is 2.80. The number of amides is 1. The summed E-state index contributed by atoms with van der Waals surface area (Å²) in [6.07, 6.45) is 2.91. The van der Waals surface area contributed by atoms with E-state index in [-0.39, 0.29) is 17.7 Å². The molecule has 1 amide bonds. The Bertz CT molecular complexity index is 849. The van der Waals surface area contributed by atoms with E-state index in [9.17, 15) is 9.59 Å². The minimum absolute atomic E-state index is 0.0686. The van der Waals surface area contributed by atoms with Crippen molar-refractivity contribution in [3.8, 4) is 0 Å². The highest BCUT2D eigenvalue weighted by Gasteiger charge is 2.46.